The van der Waals surface area contributed by atoms with Crippen LogP contribution in [0.2, 0.25) is 0 Å². The van der Waals surface area contributed by atoms with Crippen molar-refractivity contribution in [2.24, 2.45) is 7.05 Å². The van der Waals surface area contributed by atoms with Gasteiger partial charge in [0.2, 0.25) is 0 Å². The summed E-state index contributed by atoms with van der Waals surface area (Å²) in [6.45, 7) is 4.55. The molecular formula is C25H30N4O4. The number of carbonyl (C=O) groups excluding carboxylic acids is 1. The molecule has 1 aromatic heterocycles. The zero-order valence-corrected chi connectivity index (χ0v) is 19.4. The zero-order valence-electron chi connectivity index (χ0n) is 19.4. The van der Waals surface area contributed by atoms with Crippen LogP contribution < -0.4 is 5.56 Å². The van der Waals surface area contributed by atoms with Crippen LogP contribution in [0.15, 0.2) is 53.3 Å². The first-order valence-corrected chi connectivity index (χ1v) is 11.4. The lowest BCUT2D eigenvalue weighted by Crippen LogP contribution is -2.39. The van der Waals surface area contributed by atoms with E-state index in [1.165, 1.54) is 22.8 Å². The number of hydrogen-bond acceptors (Lipinski definition) is 5. The van der Waals surface area contributed by atoms with Crippen molar-refractivity contribution in [2.75, 3.05) is 6.54 Å². The summed E-state index contributed by atoms with van der Waals surface area (Å²) in [7, 11) is 1.67. The van der Waals surface area contributed by atoms with Gasteiger partial charge in [0.15, 0.2) is 0 Å². The Morgan fingerprint density at radius 3 is 2.58 bits per heavy atom. The molecule has 1 heterocycles. The van der Waals surface area contributed by atoms with E-state index in [1.807, 2.05) is 13.0 Å². The minimum absolute atomic E-state index is 0.129. The van der Waals surface area contributed by atoms with Crippen molar-refractivity contribution in [3.05, 3.63) is 80.4 Å². The molecule has 0 aliphatic heterocycles. The molecule has 0 aliphatic carbocycles. The molecular weight excluding hydrogens is 420 g/mol. The SMILES string of the molecule is CCCCCCN(C(=O)c1cccc([N+](=O)[O-])c1)C(CC)c1nc2ccccc2c(=O)n1C. The van der Waals surface area contributed by atoms with Crippen molar-refractivity contribution in [3.63, 3.8) is 0 Å². The lowest BCUT2D eigenvalue weighted by molar-refractivity contribution is -0.384. The third-order valence-corrected chi connectivity index (χ3v) is 5.90. The number of rotatable bonds is 10. The average molecular weight is 451 g/mol. The molecule has 8 heteroatoms. The van der Waals surface area contributed by atoms with Gasteiger partial charge in [-0.25, -0.2) is 4.98 Å². The van der Waals surface area contributed by atoms with Gasteiger partial charge in [0.1, 0.15) is 5.82 Å². The van der Waals surface area contributed by atoms with Crippen LogP contribution in [-0.2, 0) is 7.05 Å². The lowest BCUT2D eigenvalue weighted by Gasteiger charge is -2.32. The molecule has 0 saturated heterocycles. The smallest absolute Gasteiger partial charge is 0.270 e. The van der Waals surface area contributed by atoms with Crippen molar-refractivity contribution >= 4 is 22.5 Å². The van der Waals surface area contributed by atoms with E-state index in [2.05, 4.69) is 6.92 Å². The number of unbranched alkanes of at least 4 members (excludes halogenated alkanes) is 3. The summed E-state index contributed by atoms with van der Waals surface area (Å²) in [5.74, 6) is 0.208. The minimum atomic E-state index is -0.506. The number of para-hydroxylation sites is 1. The number of hydrogen-bond donors (Lipinski definition) is 0. The number of aromatic nitrogens is 2. The van der Waals surface area contributed by atoms with Crippen LogP contribution in [0.4, 0.5) is 5.69 Å². The van der Waals surface area contributed by atoms with E-state index in [0.717, 1.165) is 25.7 Å². The van der Waals surface area contributed by atoms with Gasteiger partial charge < -0.3 is 4.90 Å². The summed E-state index contributed by atoms with van der Waals surface area (Å²) < 4.78 is 1.51. The Bertz CT molecular complexity index is 1200. The fourth-order valence-corrected chi connectivity index (χ4v) is 4.10. The summed E-state index contributed by atoms with van der Waals surface area (Å²) in [6, 6.07) is 12.5. The maximum absolute atomic E-state index is 13.6. The van der Waals surface area contributed by atoms with Crippen LogP contribution in [0.5, 0.6) is 0 Å². The fraction of sp³-hybridized carbons (Fsp3) is 0.400. The first-order valence-electron chi connectivity index (χ1n) is 11.4. The fourth-order valence-electron chi connectivity index (χ4n) is 4.10. The van der Waals surface area contributed by atoms with E-state index in [1.54, 1.807) is 36.2 Å². The summed E-state index contributed by atoms with van der Waals surface area (Å²) in [4.78, 5) is 43.8. The van der Waals surface area contributed by atoms with Crippen LogP contribution in [0.3, 0.4) is 0 Å². The first kappa shape index (κ1) is 24.1. The molecule has 0 spiro atoms. The zero-order chi connectivity index (χ0) is 24.0. The Kier molecular flexibility index (Phi) is 7.92. The Morgan fingerprint density at radius 1 is 1.12 bits per heavy atom. The summed E-state index contributed by atoms with van der Waals surface area (Å²) in [6.07, 6.45) is 4.44. The van der Waals surface area contributed by atoms with Gasteiger partial charge in [0, 0.05) is 31.3 Å². The second-order valence-corrected chi connectivity index (χ2v) is 8.14. The molecule has 33 heavy (non-hydrogen) atoms. The maximum atomic E-state index is 13.6. The van der Waals surface area contributed by atoms with Crippen molar-refractivity contribution in [3.8, 4) is 0 Å². The first-order chi connectivity index (χ1) is 15.9. The van der Waals surface area contributed by atoms with Crippen LogP contribution in [0.25, 0.3) is 10.9 Å². The third kappa shape index (κ3) is 5.27. The summed E-state index contributed by atoms with van der Waals surface area (Å²) in [5, 5.41) is 11.8. The largest absolute Gasteiger partial charge is 0.328 e. The van der Waals surface area contributed by atoms with E-state index in [0.29, 0.717) is 29.7 Å². The van der Waals surface area contributed by atoms with E-state index >= 15 is 0 Å². The second-order valence-electron chi connectivity index (χ2n) is 8.14. The van der Waals surface area contributed by atoms with Crippen molar-refractivity contribution < 1.29 is 9.72 Å². The predicted molar refractivity (Wildman–Crippen MR) is 128 cm³/mol. The number of carbonyl (C=O) groups is 1. The molecule has 174 valence electrons. The van der Waals surface area contributed by atoms with Crippen molar-refractivity contribution in [2.45, 2.75) is 52.0 Å². The van der Waals surface area contributed by atoms with Crippen molar-refractivity contribution in [1.82, 2.24) is 14.5 Å². The number of nitro benzene ring substituents is 1. The molecule has 3 rings (SSSR count). The highest BCUT2D eigenvalue weighted by Gasteiger charge is 2.29. The highest BCUT2D eigenvalue weighted by Crippen LogP contribution is 2.27. The predicted octanol–water partition coefficient (Wildman–Crippen LogP) is 5.02. The van der Waals surface area contributed by atoms with Crippen LogP contribution >= 0.6 is 0 Å². The molecule has 0 bridgehead atoms. The monoisotopic (exact) mass is 450 g/mol. The molecule has 1 atom stereocenters. The number of benzene rings is 2. The van der Waals surface area contributed by atoms with Gasteiger partial charge in [-0.05, 0) is 31.0 Å². The van der Waals surface area contributed by atoms with Gasteiger partial charge in [-0.3, -0.25) is 24.3 Å². The summed E-state index contributed by atoms with van der Waals surface area (Å²) in [5.41, 5.74) is 0.547. The highest BCUT2D eigenvalue weighted by molar-refractivity contribution is 5.95. The molecule has 1 unspecified atom stereocenters. The Labute approximate surface area is 193 Å². The number of nitro groups is 1. The molecule has 2 aromatic carbocycles. The van der Waals surface area contributed by atoms with Crippen LogP contribution in [0, 0.1) is 10.1 Å². The molecule has 3 aromatic rings. The molecule has 0 radical (unpaired) electrons. The number of non-ortho nitro benzene ring substituents is 1. The van der Waals surface area contributed by atoms with Gasteiger partial charge in [0.05, 0.1) is 21.9 Å². The van der Waals surface area contributed by atoms with Crippen molar-refractivity contribution in [1.29, 1.82) is 0 Å². The van der Waals surface area contributed by atoms with E-state index < -0.39 is 11.0 Å². The molecule has 1 amide bonds. The minimum Gasteiger partial charge on any atom is -0.328 e. The molecule has 0 saturated carbocycles. The Balaban J connectivity index is 2.07. The van der Waals surface area contributed by atoms with Crippen LogP contribution in [0.1, 0.15) is 68.2 Å². The molecule has 8 nitrogen and oxygen atoms in total. The molecule has 0 N–H and O–H groups in total. The normalized spacial score (nSPS) is 12.0. The average Bonchev–Trinajstić information content (AvgIpc) is 2.83. The number of fused-ring (bicyclic) bond motifs is 1. The molecule has 0 fully saturated rings. The lowest BCUT2D eigenvalue weighted by atomic mass is 10.1. The number of amides is 1. The van der Waals surface area contributed by atoms with Gasteiger partial charge in [-0.1, -0.05) is 51.3 Å². The maximum Gasteiger partial charge on any atom is 0.270 e. The standard InChI is InChI=1S/C25H30N4O4/c1-4-6-7-10-16-28(24(30)18-12-11-13-19(17-18)29(32)33)22(5-2)23-26-21-15-9-8-14-20(21)25(31)27(23)3/h8-9,11-15,17,22H,4-7,10,16H2,1-3H3. The highest BCUT2D eigenvalue weighted by atomic mass is 16.6. The Hall–Kier alpha value is -3.55. The quantitative estimate of drug-likeness (QED) is 0.245. The van der Waals surface area contributed by atoms with Crippen LogP contribution in [-0.4, -0.2) is 31.8 Å². The Morgan fingerprint density at radius 2 is 1.88 bits per heavy atom. The molecule has 0 aliphatic rings. The topological polar surface area (TPSA) is 98.3 Å². The number of nitrogens with zero attached hydrogens (tertiary/aromatic N) is 4. The van der Waals surface area contributed by atoms with Gasteiger partial charge in [0.25, 0.3) is 17.2 Å². The van der Waals surface area contributed by atoms with E-state index in [-0.39, 0.29) is 22.7 Å². The van der Waals surface area contributed by atoms with Gasteiger partial charge >= 0.3 is 0 Å². The van der Waals surface area contributed by atoms with Gasteiger partial charge in [-0.15, -0.1) is 0 Å². The second kappa shape index (κ2) is 10.8. The summed E-state index contributed by atoms with van der Waals surface area (Å²) >= 11 is 0. The third-order valence-electron chi connectivity index (χ3n) is 5.90. The van der Waals surface area contributed by atoms with Gasteiger partial charge in [-0.2, -0.15) is 0 Å². The van der Waals surface area contributed by atoms with E-state index in [4.69, 9.17) is 4.98 Å². The van der Waals surface area contributed by atoms with E-state index in [9.17, 15) is 19.7 Å².